The highest BCUT2D eigenvalue weighted by Gasteiger charge is 1.98. The molecule has 2 aromatic rings. The third-order valence-corrected chi connectivity index (χ3v) is 1.74. The van der Waals surface area contributed by atoms with Gasteiger partial charge in [0.15, 0.2) is 0 Å². The Labute approximate surface area is 76.0 Å². The maximum Gasteiger partial charge on any atom is 0.113 e. The Morgan fingerprint density at radius 2 is 2.15 bits per heavy atom. The summed E-state index contributed by atoms with van der Waals surface area (Å²) in [7, 11) is 0. The second kappa shape index (κ2) is 3.23. The standard InChI is InChI=1S/C10H9N3/c1-2-3-8-13-10-7-5-4-6-9(10)11-12-13/h2-8H,1H2/b8-3-. The number of aromatic nitrogens is 3. The number of para-hydroxylation sites is 1. The zero-order chi connectivity index (χ0) is 9.10. The number of hydrogen-bond acceptors (Lipinski definition) is 2. The molecule has 0 atom stereocenters. The summed E-state index contributed by atoms with van der Waals surface area (Å²) in [6.07, 6.45) is 5.35. The van der Waals surface area contributed by atoms with E-state index in [0.29, 0.717) is 0 Å². The Bertz CT molecular complexity index is 454. The Balaban J connectivity index is 2.57. The monoisotopic (exact) mass is 171 g/mol. The molecule has 2 rings (SSSR count). The van der Waals surface area contributed by atoms with Gasteiger partial charge in [-0.15, -0.1) is 5.10 Å². The fraction of sp³-hybridized carbons (Fsp3) is 0. The van der Waals surface area contributed by atoms with Crippen LogP contribution in [0.5, 0.6) is 0 Å². The highest BCUT2D eigenvalue weighted by molar-refractivity contribution is 5.75. The van der Waals surface area contributed by atoms with E-state index in [4.69, 9.17) is 0 Å². The lowest BCUT2D eigenvalue weighted by Crippen LogP contribution is -1.87. The van der Waals surface area contributed by atoms with Crippen LogP contribution in [0.2, 0.25) is 0 Å². The fourth-order valence-electron chi connectivity index (χ4n) is 1.14. The lowest BCUT2D eigenvalue weighted by Gasteiger charge is -1.90. The maximum atomic E-state index is 4.00. The number of hydrogen-bond donors (Lipinski definition) is 0. The summed E-state index contributed by atoms with van der Waals surface area (Å²) >= 11 is 0. The molecule has 1 aromatic carbocycles. The van der Waals surface area contributed by atoms with Gasteiger partial charge in [0.2, 0.25) is 0 Å². The van der Waals surface area contributed by atoms with Gasteiger partial charge in [-0.3, -0.25) is 0 Å². The number of allylic oxidation sites excluding steroid dienone is 2. The van der Waals surface area contributed by atoms with Gasteiger partial charge < -0.3 is 0 Å². The predicted octanol–water partition coefficient (Wildman–Crippen LogP) is 2.09. The van der Waals surface area contributed by atoms with Gasteiger partial charge in [-0.25, -0.2) is 4.68 Å². The Kier molecular flexibility index (Phi) is 1.92. The fourth-order valence-corrected chi connectivity index (χ4v) is 1.14. The van der Waals surface area contributed by atoms with E-state index in [-0.39, 0.29) is 0 Å². The summed E-state index contributed by atoms with van der Waals surface area (Å²) in [5, 5.41) is 7.96. The first-order chi connectivity index (χ1) is 6.42. The zero-order valence-electron chi connectivity index (χ0n) is 7.09. The van der Waals surface area contributed by atoms with Crippen LogP contribution in [0.25, 0.3) is 17.2 Å². The van der Waals surface area contributed by atoms with Crippen molar-refractivity contribution < 1.29 is 0 Å². The molecule has 0 bridgehead atoms. The van der Waals surface area contributed by atoms with Gasteiger partial charge in [0.1, 0.15) is 5.52 Å². The SMILES string of the molecule is C=C/C=C\n1nnc2ccccc21. The number of rotatable bonds is 2. The minimum atomic E-state index is 0.899. The summed E-state index contributed by atoms with van der Waals surface area (Å²) in [5.41, 5.74) is 1.90. The topological polar surface area (TPSA) is 30.7 Å². The van der Waals surface area contributed by atoms with Crippen molar-refractivity contribution in [2.24, 2.45) is 0 Å². The Hall–Kier alpha value is -1.90. The van der Waals surface area contributed by atoms with Crippen LogP contribution in [-0.2, 0) is 0 Å². The molecule has 0 radical (unpaired) electrons. The molecule has 0 saturated carbocycles. The van der Waals surface area contributed by atoms with Gasteiger partial charge in [0.05, 0.1) is 5.52 Å². The van der Waals surface area contributed by atoms with E-state index >= 15 is 0 Å². The summed E-state index contributed by atoms with van der Waals surface area (Å²) in [6, 6.07) is 7.81. The highest BCUT2D eigenvalue weighted by Crippen LogP contribution is 2.09. The summed E-state index contributed by atoms with van der Waals surface area (Å²) in [5.74, 6) is 0. The Morgan fingerprint density at radius 1 is 1.31 bits per heavy atom. The number of fused-ring (bicyclic) bond motifs is 1. The normalized spacial score (nSPS) is 11.1. The second-order valence-electron chi connectivity index (χ2n) is 2.60. The first-order valence-electron chi connectivity index (χ1n) is 4.01. The van der Waals surface area contributed by atoms with Gasteiger partial charge in [-0.1, -0.05) is 30.0 Å². The average molecular weight is 171 g/mol. The molecule has 0 aliphatic heterocycles. The van der Waals surface area contributed by atoms with Crippen molar-refractivity contribution in [1.29, 1.82) is 0 Å². The third kappa shape index (κ3) is 1.36. The van der Waals surface area contributed by atoms with Crippen molar-refractivity contribution in [3.8, 4) is 0 Å². The van der Waals surface area contributed by atoms with Crippen molar-refractivity contribution in [3.05, 3.63) is 43.0 Å². The highest BCUT2D eigenvalue weighted by atomic mass is 15.4. The average Bonchev–Trinajstić information content (AvgIpc) is 2.58. The molecule has 1 heterocycles. The maximum absolute atomic E-state index is 4.00. The van der Waals surface area contributed by atoms with Crippen LogP contribution < -0.4 is 0 Å². The van der Waals surface area contributed by atoms with Crippen molar-refractivity contribution in [2.45, 2.75) is 0 Å². The molecule has 1 aromatic heterocycles. The van der Waals surface area contributed by atoms with Crippen LogP contribution in [0.3, 0.4) is 0 Å². The molecule has 13 heavy (non-hydrogen) atoms. The van der Waals surface area contributed by atoms with E-state index in [1.54, 1.807) is 10.8 Å². The van der Waals surface area contributed by atoms with Gasteiger partial charge in [0.25, 0.3) is 0 Å². The first-order valence-corrected chi connectivity index (χ1v) is 4.01. The van der Waals surface area contributed by atoms with Crippen LogP contribution in [0.1, 0.15) is 0 Å². The molecule has 0 unspecified atom stereocenters. The second-order valence-corrected chi connectivity index (χ2v) is 2.60. The molecule has 0 amide bonds. The Morgan fingerprint density at radius 3 is 3.00 bits per heavy atom. The van der Waals surface area contributed by atoms with E-state index in [1.165, 1.54) is 0 Å². The van der Waals surface area contributed by atoms with E-state index < -0.39 is 0 Å². The lowest BCUT2D eigenvalue weighted by molar-refractivity contribution is 0.861. The molecular formula is C10H9N3. The van der Waals surface area contributed by atoms with Crippen molar-refractivity contribution >= 4 is 17.2 Å². The summed E-state index contributed by atoms with van der Waals surface area (Å²) in [6.45, 7) is 3.59. The molecule has 0 N–H and O–H groups in total. The van der Waals surface area contributed by atoms with Crippen LogP contribution in [0.4, 0.5) is 0 Å². The molecule has 0 saturated heterocycles. The summed E-state index contributed by atoms with van der Waals surface area (Å²) < 4.78 is 1.72. The van der Waals surface area contributed by atoms with E-state index in [2.05, 4.69) is 16.9 Å². The molecular weight excluding hydrogens is 162 g/mol. The van der Waals surface area contributed by atoms with Crippen LogP contribution in [0, 0.1) is 0 Å². The van der Waals surface area contributed by atoms with Crippen molar-refractivity contribution in [2.75, 3.05) is 0 Å². The predicted molar refractivity (Wildman–Crippen MR) is 53.1 cm³/mol. The van der Waals surface area contributed by atoms with Crippen LogP contribution in [-0.4, -0.2) is 15.0 Å². The first kappa shape index (κ1) is 7.73. The van der Waals surface area contributed by atoms with Crippen molar-refractivity contribution in [3.63, 3.8) is 0 Å². The van der Waals surface area contributed by atoms with Crippen molar-refractivity contribution in [1.82, 2.24) is 15.0 Å². The molecule has 0 spiro atoms. The van der Waals surface area contributed by atoms with Gasteiger partial charge in [0, 0.05) is 6.20 Å². The summed E-state index contributed by atoms with van der Waals surface area (Å²) in [4.78, 5) is 0. The molecule has 3 nitrogen and oxygen atoms in total. The molecule has 3 heteroatoms. The molecule has 0 aliphatic carbocycles. The quantitative estimate of drug-likeness (QED) is 0.648. The minimum Gasteiger partial charge on any atom is -0.220 e. The van der Waals surface area contributed by atoms with E-state index in [9.17, 15) is 0 Å². The van der Waals surface area contributed by atoms with Gasteiger partial charge in [-0.2, -0.15) is 0 Å². The van der Waals surface area contributed by atoms with E-state index in [0.717, 1.165) is 11.0 Å². The van der Waals surface area contributed by atoms with Gasteiger partial charge >= 0.3 is 0 Å². The van der Waals surface area contributed by atoms with Crippen LogP contribution >= 0.6 is 0 Å². The third-order valence-electron chi connectivity index (χ3n) is 1.74. The minimum absolute atomic E-state index is 0.899. The molecule has 0 aliphatic rings. The molecule has 0 fully saturated rings. The zero-order valence-corrected chi connectivity index (χ0v) is 7.09. The number of benzene rings is 1. The van der Waals surface area contributed by atoms with Gasteiger partial charge in [-0.05, 0) is 18.2 Å². The largest absolute Gasteiger partial charge is 0.220 e. The van der Waals surface area contributed by atoms with Crippen LogP contribution in [0.15, 0.2) is 43.0 Å². The number of nitrogens with zero attached hydrogens (tertiary/aromatic N) is 3. The van der Waals surface area contributed by atoms with E-state index in [1.807, 2.05) is 36.5 Å². The lowest BCUT2D eigenvalue weighted by atomic mass is 10.3. The molecule has 64 valence electrons. The smallest absolute Gasteiger partial charge is 0.113 e.